The summed E-state index contributed by atoms with van der Waals surface area (Å²) in [6.45, 7) is 0. The Kier molecular flexibility index (Phi) is 5.92. The molecule has 0 atom stereocenters. The third-order valence-electron chi connectivity index (χ3n) is 5.43. The third kappa shape index (κ3) is 4.86. The van der Waals surface area contributed by atoms with Crippen LogP contribution in [0.5, 0.6) is 5.75 Å². The van der Waals surface area contributed by atoms with E-state index in [-0.39, 0.29) is 11.8 Å². The number of carbonyl (C=O) groups excluding carboxylic acids is 2. The Balaban J connectivity index is 1.29. The number of aromatic amines is 1. The summed E-state index contributed by atoms with van der Waals surface area (Å²) in [5.41, 5.74) is 4.78. The zero-order chi connectivity index (χ0) is 24.2. The standard InChI is InChI=1S/C27H21N5O3/c1-35-22-11-6-18(7-12-22)26(33)30-21-10-13-23-24(15-21)32-25(31-23)17-4-8-20(9-5-17)29-27(34)19-3-2-14-28-16-19/h2-16H,1H3,(H,29,34)(H,30,33)(H,31,32). The quantitative estimate of drug-likeness (QED) is 0.323. The molecule has 0 spiro atoms. The van der Waals surface area contributed by atoms with Crippen molar-refractivity contribution in [1.82, 2.24) is 15.0 Å². The molecular formula is C27H21N5O3. The number of nitrogens with one attached hydrogen (secondary N) is 3. The number of methoxy groups -OCH3 is 1. The first-order chi connectivity index (χ1) is 17.1. The number of imidazole rings is 1. The lowest BCUT2D eigenvalue weighted by molar-refractivity contribution is 0.101. The second-order valence-corrected chi connectivity index (χ2v) is 7.77. The molecule has 3 aromatic carbocycles. The maximum absolute atomic E-state index is 12.6. The van der Waals surface area contributed by atoms with Gasteiger partial charge in [-0.1, -0.05) is 0 Å². The van der Waals surface area contributed by atoms with Crippen LogP contribution in [0, 0.1) is 0 Å². The van der Waals surface area contributed by atoms with Crippen LogP contribution in [0.4, 0.5) is 11.4 Å². The first kappa shape index (κ1) is 21.8. The number of hydrogen-bond acceptors (Lipinski definition) is 5. The Morgan fingerprint density at radius 3 is 2.26 bits per heavy atom. The molecule has 2 aromatic heterocycles. The fraction of sp³-hybridized carbons (Fsp3) is 0.0370. The second-order valence-electron chi connectivity index (χ2n) is 7.77. The molecule has 2 amide bonds. The van der Waals surface area contributed by atoms with Crippen molar-refractivity contribution in [3.63, 3.8) is 0 Å². The molecule has 8 heteroatoms. The van der Waals surface area contributed by atoms with Gasteiger partial charge >= 0.3 is 0 Å². The molecule has 5 rings (SSSR count). The number of aromatic nitrogens is 3. The molecule has 3 N–H and O–H groups in total. The molecule has 0 unspecified atom stereocenters. The topological polar surface area (TPSA) is 109 Å². The van der Waals surface area contributed by atoms with Gasteiger partial charge < -0.3 is 20.4 Å². The van der Waals surface area contributed by atoms with Crippen molar-refractivity contribution in [2.45, 2.75) is 0 Å². The Hall–Kier alpha value is -4.98. The number of anilines is 2. The highest BCUT2D eigenvalue weighted by molar-refractivity contribution is 6.05. The Bertz CT molecular complexity index is 1490. The minimum atomic E-state index is -0.223. The largest absolute Gasteiger partial charge is 0.497 e. The first-order valence-electron chi connectivity index (χ1n) is 10.9. The van der Waals surface area contributed by atoms with E-state index in [1.54, 1.807) is 49.7 Å². The lowest BCUT2D eigenvalue weighted by Gasteiger charge is -2.06. The number of rotatable bonds is 6. The Morgan fingerprint density at radius 2 is 1.54 bits per heavy atom. The van der Waals surface area contributed by atoms with E-state index >= 15 is 0 Å². The van der Waals surface area contributed by atoms with Gasteiger partial charge in [-0.15, -0.1) is 0 Å². The summed E-state index contributed by atoms with van der Waals surface area (Å²) in [4.78, 5) is 36.8. The van der Waals surface area contributed by atoms with Crippen molar-refractivity contribution in [3.8, 4) is 17.1 Å². The van der Waals surface area contributed by atoms with Crippen molar-refractivity contribution in [1.29, 1.82) is 0 Å². The predicted octanol–water partition coefficient (Wildman–Crippen LogP) is 5.14. The summed E-state index contributed by atoms with van der Waals surface area (Å²) in [6.07, 6.45) is 3.14. The number of hydrogen-bond donors (Lipinski definition) is 3. The molecule has 0 saturated carbocycles. The molecule has 2 heterocycles. The molecule has 8 nitrogen and oxygen atoms in total. The fourth-order valence-electron chi connectivity index (χ4n) is 3.58. The molecule has 0 fully saturated rings. The number of H-pyrrole nitrogens is 1. The average molecular weight is 463 g/mol. The van der Waals surface area contributed by atoms with Crippen molar-refractivity contribution in [3.05, 3.63) is 102 Å². The maximum atomic E-state index is 12.6. The minimum Gasteiger partial charge on any atom is -0.497 e. The molecule has 0 saturated heterocycles. The normalized spacial score (nSPS) is 10.7. The van der Waals surface area contributed by atoms with E-state index in [4.69, 9.17) is 4.74 Å². The summed E-state index contributed by atoms with van der Waals surface area (Å²) in [7, 11) is 1.58. The van der Waals surface area contributed by atoms with Crippen molar-refractivity contribution in [2.24, 2.45) is 0 Å². The van der Waals surface area contributed by atoms with Gasteiger partial charge in [-0.2, -0.15) is 0 Å². The van der Waals surface area contributed by atoms with E-state index in [0.29, 0.717) is 34.1 Å². The summed E-state index contributed by atoms with van der Waals surface area (Å²) >= 11 is 0. The van der Waals surface area contributed by atoms with Gasteiger partial charge in [0, 0.05) is 34.9 Å². The van der Waals surface area contributed by atoms with Crippen LogP contribution < -0.4 is 15.4 Å². The lowest BCUT2D eigenvalue weighted by Crippen LogP contribution is -2.11. The molecule has 35 heavy (non-hydrogen) atoms. The number of carbonyl (C=O) groups is 2. The molecule has 0 aliphatic carbocycles. The molecule has 0 aliphatic heterocycles. The van der Waals surface area contributed by atoms with Crippen LogP contribution in [0.1, 0.15) is 20.7 Å². The number of benzene rings is 3. The van der Waals surface area contributed by atoms with E-state index in [1.165, 1.54) is 6.20 Å². The summed E-state index contributed by atoms with van der Waals surface area (Å²) < 4.78 is 5.13. The van der Waals surface area contributed by atoms with Crippen LogP contribution in [0.2, 0.25) is 0 Å². The number of amides is 2. The number of fused-ring (bicyclic) bond motifs is 1. The summed E-state index contributed by atoms with van der Waals surface area (Å²) in [5, 5.41) is 5.76. The molecule has 5 aromatic rings. The maximum Gasteiger partial charge on any atom is 0.257 e. The highest BCUT2D eigenvalue weighted by Crippen LogP contribution is 2.25. The van der Waals surface area contributed by atoms with Gasteiger partial charge in [-0.25, -0.2) is 4.98 Å². The zero-order valence-electron chi connectivity index (χ0n) is 18.8. The van der Waals surface area contributed by atoms with Crippen LogP contribution in [0.25, 0.3) is 22.4 Å². The molecule has 0 radical (unpaired) electrons. The van der Waals surface area contributed by atoms with E-state index < -0.39 is 0 Å². The van der Waals surface area contributed by atoms with E-state index in [2.05, 4.69) is 25.6 Å². The lowest BCUT2D eigenvalue weighted by atomic mass is 10.2. The Labute approximate surface area is 201 Å². The average Bonchev–Trinajstić information content (AvgIpc) is 3.33. The highest BCUT2D eigenvalue weighted by Gasteiger charge is 2.11. The van der Waals surface area contributed by atoms with Crippen LogP contribution in [0.15, 0.2) is 91.3 Å². The predicted molar refractivity (Wildman–Crippen MR) is 135 cm³/mol. The van der Waals surface area contributed by atoms with Crippen LogP contribution in [-0.2, 0) is 0 Å². The number of ether oxygens (including phenoxy) is 1. The van der Waals surface area contributed by atoms with Crippen LogP contribution >= 0.6 is 0 Å². The van der Waals surface area contributed by atoms with Gasteiger partial charge in [0.15, 0.2) is 0 Å². The second kappa shape index (κ2) is 9.48. The van der Waals surface area contributed by atoms with E-state index in [1.807, 2.05) is 42.5 Å². The van der Waals surface area contributed by atoms with Crippen LogP contribution in [-0.4, -0.2) is 33.9 Å². The number of nitrogens with zero attached hydrogens (tertiary/aromatic N) is 2. The molecule has 0 bridgehead atoms. The van der Waals surface area contributed by atoms with Gasteiger partial charge in [0.05, 0.1) is 23.7 Å². The molecule has 0 aliphatic rings. The summed E-state index contributed by atoms with van der Waals surface area (Å²) in [6, 6.07) is 23.2. The first-order valence-corrected chi connectivity index (χ1v) is 10.9. The van der Waals surface area contributed by atoms with Crippen LogP contribution in [0.3, 0.4) is 0 Å². The fourth-order valence-corrected chi connectivity index (χ4v) is 3.58. The van der Waals surface area contributed by atoms with E-state index in [9.17, 15) is 9.59 Å². The van der Waals surface area contributed by atoms with Gasteiger partial charge in [-0.3, -0.25) is 14.6 Å². The molecular weight excluding hydrogens is 442 g/mol. The van der Waals surface area contributed by atoms with Gasteiger partial charge in [0.1, 0.15) is 11.6 Å². The van der Waals surface area contributed by atoms with Crippen molar-refractivity contribution in [2.75, 3.05) is 17.7 Å². The summed E-state index contributed by atoms with van der Waals surface area (Å²) in [5.74, 6) is 0.940. The third-order valence-corrected chi connectivity index (χ3v) is 5.43. The van der Waals surface area contributed by atoms with Gasteiger partial charge in [0.25, 0.3) is 11.8 Å². The minimum absolute atomic E-state index is 0.212. The van der Waals surface area contributed by atoms with Crippen molar-refractivity contribution < 1.29 is 14.3 Å². The smallest absolute Gasteiger partial charge is 0.257 e. The van der Waals surface area contributed by atoms with E-state index in [0.717, 1.165) is 16.6 Å². The number of pyridine rings is 1. The highest BCUT2D eigenvalue weighted by atomic mass is 16.5. The van der Waals surface area contributed by atoms with Crippen molar-refractivity contribution >= 4 is 34.2 Å². The monoisotopic (exact) mass is 463 g/mol. The van der Waals surface area contributed by atoms with Gasteiger partial charge in [0.2, 0.25) is 0 Å². The Morgan fingerprint density at radius 1 is 0.829 bits per heavy atom. The van der Waals surface area contributed by atoms with Gasteiger partial charge in [-0.05, 0) is 78.9 Å². The molecule has 172 valence electrons. The zero-order valence-corrected chi connectivity index (χ0v) is 18.8. The SMILES string of the molecule is COc1ccc(C(=O)Nc2ccc3nc(-c4ccc(NC(=O)c5cccnc5)cc4)[nH]c3c2)cc1.